The molecule has 3 aromatic rings. The first-order chi connectivity index (χ1) is 17.5. The van der Waals surface area contributed by atoms with Gasteiger partial charge in [0.25, 0.3) is 6.47 Å². The zero-order valence-electron chi connectivity index (χ0n) is 20.5. The quantitative estimate of drug-likeness (QED) is 0.285. The van der Waals surface area contributed by atoms with Crippen LogP contribution in [0.2, 0.25) is 5.15 Å². The molecule has 0 radical (unpaired) electrons. The molecule has 0 aliphatic carbocycles. The summed E-state index contributed by atoms with van der Waals surface area (Å²) in [5.41, 5.74) is 2.57. The van der Waals surface area contributed by atoms with Gasteiger partial charge in [0.2, 0.25) is 0 Å². The van der Waals surface area contributed by atoms with E-state index < -0.39 is 5.60 Å². The molecule has 0 spiro atoms. The summed E-state index contributed by atoms with van der Waals surface area (Å²) < 4.78 is 0. The Morgan fingerprint density at radius 1 is 1.32 bits per heavy atom. The zero-order valence-corrected chi connectivity index (χ0v) is 22.1. The fraction of sp³-hybridized carbons (Fsp3) is 0.320. The van der Waals surface area contributed by atoms with E-state index in [1.807, 2.05) is 19.1 Å². The van der Waals surface area contributed by atoms with Crippen molar-refractivity contribution in [2.75, 3.05) is 25.0 Å². The molecule has 37 heavy (non-hydrogen) atoms. The number of piperazine rings is 1. The summed E-state index contributed by atoms with van der Waals surface area (Å²) >= 11 is 7.55. The maximum atomic E-state index is 13.0. The summed E-state index contributed by atoms with van der Waals surface area (Å²) in [6, 6.07) is 12.5. The minimum Gasteiger partial charge on any atom is -0.483 e. The van der Waals surface area contributed by atoms with E-state index >= 15 is 0 Å². The number of aryl methyl sites for hydroxylation is 1. The number of hydrogen-bond donors (Lipinski definition) is 4. The first-order valence-electron chi connectivity index (χ1n) is 11.3. The second kappa shape index (κ2) is 12.1. The number of hydrogen-bond acceptors (Lipinski definition) is 8. The van der Waals surface area contributed by atoms with E-state index in [1.165, 1.54) is 11.3 Å². The topological polar surface area (TPSA) is 151 Å². The molecule has 3 heterocycles. The number of nitrogens with zero attached hydrogens (tertiary/aromatic N) is 4. The third-order valence-electron chi connectivity index (χ3n) is 5.61. The minimum atomic E-state index is -0.954. The third-order valence-corrected chi connectivity index (χ3v) is 6.82. The highest BCUT2D eigenvalue weighted by Crippen LogP contribution is 2.40. The number of aromatic nitrogens is 2. The molecule has 1 aliphatic rings. The highest BCUT2D eigenvalue weighted by Gasteiger charge is 2.33. The number of anilines is 1. The van der Waals surface area contributed by atoms with Gasteiger partial charge in [0.1, 0.15) is 5.15 Å². The van der Waals surface area contributed by atoms with Gasteiger partial charge in [-0.3, -0.25) is 10.1 Å². The Hall–Kier alpha value is -3.56. The molecule has 4 rings (SSSR count). The van der Waals surface area contributed by atoms with Gasteiger partial charge in [0.15, 0.2) is 5.13 Å². The van der Waals surface area contributed by atoms with Crippen LogP contribution in [0.3, 0.4) is 0 Å². The molecule has 12 heteroatoms. The smallest absolute Gasteiger partial charge is 0.323 e. The highest BCUT2D eigenvalue weighted by atomic mass is 35.5. The molecular formula is C25H27ClN6O4S. The van der Waals surface area contributed by atoms with Crippen LogP contribution in [0.25, 0.3) is 21.7 Å². The predicted molar refractivity (Wildman–Crippen MR) is 143 cm³/mol. The Balaban J connectivity index is 0.00000121. The summed E-state index contributed by atoms with van der Waals surface area (Å²) in [7, 11) is 0. The van der Waals surface area contributed by atoms with Crippen LogP contribution in [0.15, 0.2) is 36.4 Å². The van der Waals surface area contributed by atoms with Crippen molar-refractivity contribution in [2.45, 2.75) is 32.4 Å². The fourth-order valence-electron chi connectivity index (χ4n) is 3.84. The molecule has 194 valence electrons. The molecule has 0 unspecified atom stereocenters. The van der Waals surface area contributed by atoms with Gasteiger partial charge in [-0.25, -0.2) is 14.8 Å². The average molecular weight is 543 g/mol. The number of pyridine rings is 1. The van der Waals surface area contributed by atoms with Crippen LogP contribution in [0, 0.1) is 18.3 Å². The summed E-state index contributed by atoms with van der Waals surface area (Å²) in [5.74, 6) is 0. The largest absolute Gasteiger partial charge is 0.483 e. The number of nitrogens with one attached hydrogen (secondary N) is 2. The van der Waals surface area contributed by atoms with E-state index in [-0.39, 0.29) is 18.5 Å². The van der Waals surface area contributed by atoms with Crippen LogP contribution in [0.5, 0.6) is 0 Å². The van der Waals surface area contributed by atoms with Crippen LogP contribution < -0.4 is 10.6 Å². The highest BCUT2D eigenvalue weighted by molar-refractivity contribution is 7.19. The monoisotopic (exact) mass is 542 g/mol. The molecule has 1 fully saturated rings. The molecule has 1 aliphatic heterocycles. The lowest BCUT2D eigenvalue weighted by Gasteiger charge is -2.39. The van der Waals surface area contributed by atoms with E-state index in [1.54, 1.807) is 43.0 Å². The summed E-state index contributed by atoms with van der Waals surface area (Å²) in [5, 5.41) is 33.5. The van der Waals surface area contributed by atoms with Gasteiger partial charge >= 0.3 is 6.03 Å². The number of aliphatic hydroxyl groups is 1. The maximum absolute atomic E-state index is 13.0. The van der Waals surface area contributed by atoms with Crippen molar-refractivity contribution < 1.29 is 19.8 Å². The molecule has 0 bridgehead atoms. The van der Waals surface area contributed by atoms with Crippen LogP contribution >= 0.6 is 22.9 Å². The Kier molecular flexibility index (Phi) is 9.18. The predicted octanol–water partition coefficient (Wildman–Crippen LogP) is 3.98. The van der Waals surface area contributed by atoms with Gasteiger partial charge in [-0.05, 0) is 50.6 Å². The summed E-state index contributed by atoms with van der Waals surface area (Å²) in [6.07, 6.45) is 0. The van der Waals surface area contributed by atoms with Crippen molar-refractivity contribution in [1.82, 2.24) is 20.2 Å². The number of carbonyl (C=O) groups is 2. The Bertz CT molecular complexity index is 1300. The number of carboxylic acid groups (broad SMARTS) is 1. The molecule has 4 N–H and O–H groups in total. The number of nitriles is 1. The molecule has 2 amide bonds. The van der Waals surface area contributed by atoms with Crippen LogP contribution in [0.1, 0.15) is 25.1 Å². The number of rotatable bonds is 4. The van der Waals surface area contributed by atoms with Gasteiger partial charge in [-0.1, -0.05) is 35.1 Å². The Morgan fingerprint density at radius 2 is 2.05 bits per heavy atom. The van der Waals surface area contributed by atoms with E-state index in [2.05, 4.69) is 21.7 Å². The average Bonchev–Trinajstić information content (AvgIpc) is 3.27. The van der Waals surface area contributed by atoms with Gasteiger partial charge in [-0.2, -0.15) is 5.26 Å². The summed E-state index contributed by atoms with van der Waals surface area (Å²) in [6.45, 7) is 6.55. The second-order valence-corrected chi connectivity index (χ2v) is 10.2. The SMILES string of the molecule is Cc1cc(-c2sc(NC(=O)N3CCN[C@H](C(C)(C)O)C3)nc2-c2cccc(C#N)c2)cc(Cl)n1.O=CO. The molecule has 2 aromatic heterocycles. The maximum Gasteiger partial charge on any atom is 0.323 e. The first kappa shape index (κ1) is 28.0. The number of urea groups is 1. The number of halogens is 1. The normalized spacial score (nSPS) is 15.2. The lowest BCUT2D eigenvalue weighted by Crippen LogP contribution is -2.60. The van der Waals surface area contributed by atoms with Gasteiger partial charge < -0.3 is 20.4 Å². The number of thiazole rings is 1. The second-order valence-electron chi connectivity index (χ2n) is 8.85. The Morgan fingerprint density at radius 3 is 2.70 bits per heavy atom. The van der Waals surface area contributed by atoms with Gasteiger partial charge in [-0.15, -0.1) is 0 Å². The van der Waals surface area contributed by atoms with Crippen molar-refractivity contribution in [2.24, 2.45) is 0 Å². The molecule has 1 aromatic carbocycles. The summed E-state index contributed by atoms with van der Waals surface area (Å²) in [4.78, 5) is 32.8. The zero-order chi connectivity index (χ0) is 27.2. The van der Waals surface area contributed by atoms with Crippen molar-refractivity contribution in [1.29, 1.82) is 5.26 Å². The van der Waals surface area contributed by atoms with E-state index in [4.69, 9.17) is 26.5 Å². The molecule has 1 saturated heterocycles. The number of benzene rings is 1. The van der Waals surface area contributed by atoms with E-state index in [0.717, 1.165) is 21.7 Å². The standard InChI is InChI=1S/C24H25ClN6O2S.CH2O2/c1-14-9-17(11-19(25)28-14)21-20(16-6-4-5-15(10-16)12-26)29-22(34-21)30-23(32)31-8-7-27-18(13-31)24(2,3)33;2-1-3/h4-6,9-11,18,27,33H,7-8,13H2,1-3H3,(H,29,30,32);1H,(H,2,3)/t18-;/m0./s1. The van der Waals surface area contributed by atoms with Gasteiger partial charge in [0.05, 0.1) is 33.8 Å². The van der Waals surface area contributed by atoms with Crippen molar-refractivity contribution in [3.63, 3.8) is 0 Å². The van der Waals surface area contributed by atoms with Crippen molar-refractivity contribution in [3.05, 3.63) is 52.8 Å². The van der Waals surface area contributed by atoms with Crippen molar-refractivity contribution >= 4 is 40.6 Å². The van der Waals surface area contributed by atoms with Gasteiger partial charge in [0, 0.05) is 30.9 Å². The van der Waals surface area contributed by atoms with Crippen LogP contribution in [-0.4, -0.2) is 68.9 Å². The van der Waals surface area contributed by atoms with Crippen molar-refractivity contribution in [3.8, 4) is 27.8 Å². The first-order valence-corrected chi connectivity index (χ1v) is 12.5. The Labute approximate surface area is 223 Å². The van der Waals surface area contributed by atoms with E-state index in [9.17, 15) is 15.2 Å². The fourth-order valence-corrected chi connectivity index (χ4v) is 5.05. The van der Waals surface area contributed by atoms with Crippen LogP contribution in [0.4, 0.5) is 9.93 Å². The molecular weight excluding hydrogens is 516 g/mol. The lowest BCUT2D eigenvalue weighted by atomic mass is 9.97. The van der Waals surface area contributed by atoms with E-state index in [0.29, 0.717) is 41.2 Å². The number of carbonyl (C=O) groups excluding carboxylic acids is 1. The number of amides is 2. The molecule has 0 saturated carbocycles. The third kappa shape index (κ3) is 7.24. The lowest BCUT2D eigenvalue weighted by molar-refractivity contribution is -0.122. The minimum absolute atomic E-state index is 0.231. The molecule has 10 nitrogen and oxygen atoms in total. The molecule has 1 atom stereocenters. The van der Waals surface area contributed by atoms with Crippen LogP contribution in [-0.2, 0) is 4.79 Å².